The number of rotatable bonds is 0. The van der Waals surface area contributed by atoms with E-state index in [0.29, 0.717) is 12.0 Å². The second-order valence-corrected chi connectivity index (χ2v) is 6.47. The zero-order valence-corrected chi connectivity index (χ0v) is 11.1. The Morgan fingerprint density at radius 1 is 1.29 bits per heavy atom. The maximum atomic E-state index is 12.0. The predicted molar refractivity (Wildman–Crippen MR) is 66.6 cm³/mol. The van der Waals surface area contributed by atoms with Crippen molar-refractivity contribution >= 4 is 6.09 Å². The second-order valence-electron chi connectivity index (χ2n) is 6.47. The standard InChI is InChI=1S/C13H24N2O2/c1-13(2,3)17-12(16)15-5-4-9-6-11(14)7-10(9)8-15/h9-11H,4-8,14H2,1-3H3/t9?,10-,11+/m0/s1. The number of nitrogens with two attached hydrogens (primary N) is 1. The molecule has 1 aliphatic heterocycles. The highest BCUT2D eigenvalue weighted by molar-refractivity contribution is 5.68. The lowest BCUT2D eigenvalue weighted by atomic mass is 9.89. The molecule has 0 bridgehead atoms. The van der Waals surface area contributed by atoms with Crippen molar-refractivity contribution in [1.29, 1.82) is 0 Å². The summed E-state index contributed by atoms with van der Waals surface area (Å²) in [6, 6.07) is 0.337. The smallest absolute Gasteiger partial charge is 0.410 e. The van der Waals surface area contributed by atoms with Crippen LogP contribution >= 0.6 is 0 Å². The molecule has 1 heterocycles. The van der Waals surface area contributed by atoms with Crippen molar-refractivity contribution in [3.05, 3.63) is 0 Å². The number of piperidine rings is 1. The first-order valence-corrected chi connectivity index (χ1v) is 6.58. The van der Waals surface area contributed by atoms with E-state index in [2.05, 4.69) is 0 Å². The topological polar surface area (TPSA) is 55.6 Å². The first-order valence-electron chi connectivity index (χ1n) is 6.58. The monoisotopic (exact) mass is 240 g/mol. The summed E-state index contributed by atoms with van der Waals surface area (Å²) in [4.78, 5) is 13.8. The van der Waals surface area contributed by atoms with Crippen molar-refractivity contribution < 1.29 is 9.53 Å². The average molecular weight is 240 g/mol. The van der Waals surface area contributed by atoms with Gasteiger partial charge in [-0.05, 0) is 51.9 Å². The van der Waals surface area contributed by atoms with Gasteiger partial charge < -0.3 is 15.4 Å². The van der Waals surface area contributed by atoms with Gasteiger partial charge in [-0.3, -0.25) is 0 Å². The van der Waals surface area contributed by atoms with Gasteiger partial charge in [0.05, 0.1) is 0 Å². The number of likely N-dealkylation sites (tertiary alicyclic amines) is 1. The van der Waals surface area contributed by atoms with Crippen molar-refractivity contribution in [3.63, 3.8) is 0 Å². The Morgan fingerprint density at radius 3 is 2.59 bits per heavy atom. The number of hydrogen-bond donors (Lipinski definition) is 1. The predicted octanol–water partition coefficient (Wildman–Crippen LogP) is 1.98. The van der Waals surface area contributed by atoms with Gasteiger partial charge in [-0.15, -0.1) is 0 Å². The number of carbonyl (C=O) groups is 1. The van der Waals surface area contributed by atoms with Crippen LogP contribution in [0.4, 0.5) is 4.79 Å². The van der Waals surface area contributed by atoms with Crippen LogP contribution in [0.5, 0.6) is 0 Å². The van der Waals surface area contributed by atoms with Crippen molar-refractivity contribution in [1.82, 2.24) is 4.90 Å². The molecule has 0 radical (unpaired) electrons. The first-order chi connectivity index (χ1) is 7.85. The van der Waals surface area contributed by atoms with Crippen LogP contribution in [0.1, 0.15) is 40.0 Å². The molecule has 2 fully saturated rings. The summed E-state index contributed by atoms with van der Waals surface area (Å²) in [5.74, 6) is 1.31. The van der Waals surface area contributed by atoms with E-state index in [1.807, 2.05) is 25.7 Å². The van der Waals surface area contributed by atoms with Gasteiger partial charge in [-0.2, -0.15) is 0 Å². The van der Waals surface area contributed by atoms with E-state index in [1.54, 1.807) is 0 Å². The van der Waals surface area contributed by atoms with E-state index in [0.717, 1.165) is 38.3 Å². The van der Waals surface area contributed by atoms with Gasteiger partial charge in [0.1, 0.15) is 5.60 Å². The van der Waals surface area contributed by atoms with Crippen LogP contribution in [0, 0.1) is 11.8 Å². The van der Waals surface area contributed by atoms with Crippen molar-refractivity contribution in [2.75, 3.05) is 13.1 Å². The number of amides is 1. The van der Waals surface area contributed by atoms with E-state index in [1.165, 1.54) is 0 Å². The molecule has 0 spiro atoms. The van der Waals surface area contributed by atoms with Gasteiger partial charge in [0.2, 0.25) is 0 Å². The molecule has 4 heteroatoms. The van der Waals surface area contributed by atoms with Crippen LogP contribution < -0.4 is 5.73 Å². The summed E-state index contributed by atoms with van der Waals surface area (Å²) in [5, 5.41) is 0. The molecule has 0 aromatic carbocycles. The zero-order valence-electron chi connectivity index (χ0n) is 11.1. The van der Waals surface area contributed by atoms with Crippen LogP contribution in [0.15, 0.2) is 0 Å². The lowest BCUT2D eigenvalue weighted by molar-refractivity contribution is 0.0127. The minimum Gasteiger partial charge on any atom is -0.444 e. The highest BCUT2D eigenvalue weighted by Gasteiger charge is 2.38. The summed E-state index contributed by atoms with van der Waals surface area (Å²) < 4.78 is 5.41. The molecule has 1 saturated heterocycles. The van der Waals surface area contributed by atoms with Crippen LogP contribution in [-0.4, -0.2) is 35.7 Å². The number of nitrogens with zero attached hydrogens (tertiary/aromatic N) is 1. The molecule has 1 aliphatic carbocycles. The molecule has 1 unspecified atom stereocenters. The van der Waals surface area contributed by atoms with E-state index in [4.69, 9.17) is 10.5 Å². The maximum Gasteiger partial charge on any atom is 0.410 e. The zero-order chi connectivity index (χ0) is 12.6. The second kappa shape index (κ2) is 4.48. The lowest BCUT2D eigenvalue weighted by Crippen LogP contribution is -2.44. The average Bonchev–Trinajstić information content (AvgIpc) is 2.53. The Kier molecular flexibility index (Phi) is 3.34. The molecule has 1 amide bonds. The lowest BCUT2D eigenvalue weighted by Gasteiger charge is -2.35. The molecule has 17 heavy (non-hydrogen) atoms. The van der Waals surface area contributed by atoms with Crippen molar-refractivity contribution in [2.45, 2.75) is 51.7 Å². The van der Waals surface area contributed by atoms with Gasteiger partial charge in [0, 0.05) is 19.1 Å². The van der Waals surface area contributed by atoms with Crippen molar-refractivity contribution in [2.24, 2.45) is 17.6 Å². The summed E-state index contributed by atoms with van der Waals surface area (Å²) in [7, 11) is 0. The molecule has 0 aromatic heterocycles. The fraction of sp³-hybridized carbons (Fsp3) is 0.923. The van der Waals surface area contributed by atoms with Gasteiger partial charge >= 0.3 is 6.09 Å². The minimum atomic E-state index is -0.403. The summed E-state index contributed by atoms with van der Waals surface area (Å²) in [6.45, 7) is 7.37. The summed E-state index contributed by atoms with van der Waals surface area (Å²) in [5.41, 5.74) is 5.58. The van der Waals surface area contributed by atoms with Crippen LogP contribution in [0.2, 0.25) is 0 Å². The van der Waals surface area contributed by atoms with E-state index in [-0.39, 0.29) is 6.09 Å². The molecule has 2 N–H and O–H groups in total. The largest absolute Gasteiger partial charge is 0.444 e. The molecule has 3 atom stereocenters. The Balaban J connectivity index is 1.90. The highest BCUT2D eigenvalue weighted by atomic mass is 16.6. The van der Waals surface area contributed by atoms with E-state index in [9.17, 15) is 4.79 Å². The quantitative estimate of drug-likeness (QED) is 0.704. The molecular formula is C13H24N2O2. The molecule has 1 saturated carbocycles. The van der Waals surface area contributed by atoms with Gasteiger partial charge in [0.15, 0.2) is 0 Å². The molecule has 0 aromatic rings. The van der Waals surface area contributed by atoms with Crippen molar-refractivity contribution in [3.8, 4) is 0 Å². The third-order valence-electron chi connectivity index (χ3n) is 3.75. The minimum absolute atomic E-state index is 0.170. The fourth-order valence-corrected chi connectivity index (χ4v) is 3.02. The fourth-order valence-electron chi connectivity index (χ4n) is 3.02. The van der Waals surface area contributed by atoms with Crippen LogP contribution in [-0.2, 0) is 4.74 Å². The van der Waals surface area contributed by atoms with Gasteiger partial charge in [-0.25, -0.2) is 4.79 Å². The van der Waals surface area contributed by atoms with E-state index >= 15 is 0 Å². The highest BCUT2D eigenvalue weighted by Crippen LogP contribution is 2.37. The normalized spacial score (nSPS) is 33.4. The van der Waals surface area contributed by atoms with Crippen LogP contribution in [0.25, 0.3) is 0 Å². The Labute approximate surface area is 103 Å². The third-order valence-corrected chi connectivity index (χ3v) is 3.75. The molecule has 2 aliphatic rings. The van der Waals surface area contributed by atoms with Gasteiger partial charge in [0.25, 0.3) is 0 Å². The Bertz CT molecular complexity index is 298. The molecule has 2 rings (SSSR count). The summed E-state index contributed by atoms with van der Waals surface area (Å²) in [6.07, 6.45) is 3.10. The molecule has 4 nitrogen and oxygen atoms in total. The Morgan fingerprint density at radius 2 is 1.94 bits per heavy atom. The number of ether oxygens (including phenoxy) is 1. The van der Waals surface area contributed by atoms with Gasteiger partial charge in [-0.1, -0.05) is 0 Å². The number of fused-ring (bicyclic) bond motifs is 1. The summed E-state index contributed by atoms with van der Waals surface area (Å²) >= 11 is 0. The van der Waals surface area contributed by atoms with Crippen LogP contribution in [0.3, 0.4) is 0 Å². The number of carbonyl (C=O) groups excluding carboxylic acids is 1. The van der Waals surface area contributed by atoms with E-state index < -0.39 is 5.60 Å². The maximum absolute atomic E-state index is 12.0. The molecular weight excluding hydrogens is 216 g/mol. The number of hydrogen-bond acceptors (Lipinski definition) is 3. The molecule has 98 valence electrons. The SMILES string of the molecule is CC(C)(C)OC(=O)N1CCC2C[C@@H](N)C[C@H]2C1. The third kappa shape index (κ3) is 3.12. The first kappa shape index (κ1) is 12.7. The Hall–Kier alpha value is -0.770.